The summed E-state index contributed by atoms with van der Waals surface area (Å²) in [5.74, 6) is 0.326. The largest absolute Gasteiger partial charge is 0.497 e. The fourth-order valence-electron chi connectivity index (χ4n) is 2.68. The van der Waals surface area contributed by atoms with E-state index in [-0.39, 0.29) is 10.8 Å². The molecule has 2 aromatic rings. The number of nitrogens with one attached hydrogen (secondary N) is 1. The van der Waals surface area contributed by atoms with Crippen LogP contribution in [-0.2, 0) is 10.0 Å². The van der Waals surface area contributed by atoms with Gasteiger partial charge in [0, 0.05) is 30.4 Å². The lowest BCUT2D eigenvalue weighted by molar-refractivity contribution is 0.102. The van der Waals surface area contributed by atoms with Crippen LogP contribution in [0.25, 0.3) is 0 Å². The van der Waals surface area contributed by atoms with Crippen LogP contribution in [0.4, 0.5) is 5.69 Å². The summed E-state index contributed by atoms with van der Waals surface area (Å²) in [5.41, 5.74) is 0.988. The number of rotatable bonds is 9. The summed E-state index contributed by atoms with van der Waals surface area (Å²) < 4.78 is 32.2. The lowest BCUT2D eigenvalue weighted by Crippen LogP contribution is -2.32. The first-order valence-corrected chi connectivity index (χ1v) is 10.4. The Morgan fingerprint density at radius 1 is 1.04 bits per heavy atom. The standard InChI is InChI=1S/C20H26N2O4S/c1-4-13-22(14-5-2)27(24,25)19-11-9-16(10-12-19)20(23)21-17-7-6-8-18(15-17)26-3/h6-12,15H,4-5,13-14H2,1-3H3,(H,21,23). The van der Waals surface area contributed by atoms with Gasteiger partial charge in [0.1, 0.15) is 5.75 Å². The fourth-order valence-corrected chi connectivity index (χ4v) is 4.31. The topological polar surface area (TPSA) is 75.7 Å². The zero-order valence-corrected chi connectivity index (χ0v) is 16.8. The number of ether oxygens (including phenoxy) is 1. The van der Waals surface area contributed by atoms with Gasteiger partial charge in [-0.2, -0.15) is 4.31 Å². The molecule has 0 aromatic heterocycles. The van der Waals surface area contributed by atoms with Crippen LogP contribution in [0.5, 0.6) is 5.75 Å². The summed E-state index contributed by atoms with van der Waals surface area (Å²) >= 11 is 0. The molecule has 6 nitrogen and oxygen atoms in total. The molecule has 0 saturated heterocycles. The van der Waals surface area contributed by atoms with E-state index in [1.165, 1.54) is 28.6 Å². The summed E-state index contributed by atoms with van der Waals surface area (Å²) in [6.07, 6.45) is 1.50. The van der Waals surface area contributed by atoms with E-state index in [1.807, 2.05) is 13.8 Å². The first-order valence-electron chi connectivity index (χ1n) is 8.98. The highest BCUT2D eigenvalue weighted by molar-refractivity contribution is 7.89. The molecule has 0 spiro atoms. The van der Waals surface area contributed by atoms with Crippen LogP contribution in [0.2, 0.25) is 0 Å². The minimum atomic E-state index is -3.55. The van der Waals surface area contributed by atoms with E-state index in [4.69, 9.17) is 4.74 Å². The highest BCUT2D eigenvalue weighted by Gasteiger charge is 2.23. The maximum absolute atomic E-state index is 12.8. The van der Waals surface area contributed by atoms with E-state index < -0.39 is 10.0 Å². The second-order valence-electron chi connectivity index (χ2n) is 6.11. The molecule has 2 rings (SSSR count). The molecular formula is C20H26N2O4S. The fraction of sp³-hybridized carbons (Fsp3) is 0.350. The molecule has 0 aliphatic heterocycles. The van der Waals surface area contributed by atoms with Crippen molar-refractivity contribution in [3.63, 3.8) is 0 Å². The summed E-state index contributed by atoms with van der Waals surface area (Å²) in [6.45, 7) is 4.86. The number of benzene rings is 2. The molecule has 0 aliphatic rings. The van der Waals surface area contributed by atoms with Crippen molar-refractivity contribution in [2.75, 3.05) is 25.5 Å². The number of hydrogen-bond donors (Lipinski definition) is 1. The van der Waals surface area contributed by atoms with E-state index in [2.05, 4.69) is 5.32 Å². The van der Waals surface area contributed by atoms with Gasteiger partial charge in [-0.15, -0.1) is 0 Å². The maximum atomic E-state index is 12.8. The molecule has 146 valence electrons. The van der Waals surface area contributed by atoms with E-state index in [1.54, 1.807) is 31.4 Å². The molecule has 0 saturated carbocycles. The Morgan fingerprint density at radius 2 is 1.67 bits per heavy atom. The van der Waals surface area contributed by atoms with Crippen LogP contribution in [0.3, 0.4) is 0 Å². The van der Waals surface area contributed by atoms with Crippen LogP contribution >= 0.6 is 0 Å². The SMILES string of the molecule is CCCN(CCC)S(=O)(=O)c1ccc(C(=O)Nc2cccc(OC)c2)cc1. The highest BCUT2D eigenvalue weighted by atomic mass is 32.2. The van der Waals surface area contributed by atoms with E-state index in [0.717, 1.165) is 12.8 Å². The minimum Gasteiger partial charge on any atom is -0.497 e. The Balaban J connectivity index is 2.16. The van der Waals surface area contributed by atoms with Gasteiger partial charge in [-0.3, -0.25) is 4.79 Å². The van der Waals surface area contributed by atoms with Gasteiger partial charge in [-0.05, 0) is 49.2 Å². The second kappa shape index (κ2) is 9.53. The molecule has 0 unspecified atom stereocenters. The molecular weight excluding hydrogens is 364 g/mol. The average Bonchev–Trinajstić information content (AvgIpc) is 2.68. The molecule has 7 heteroatoms. The Labute approximate surface area is 161 Å². The zero-order chi connectivity index (χ0) is 19.9. The number of nitrogens with zero attached hydrogens (tertiary/aromatic N) is 1. The van der Waals surface area contributed by atoms with Gasteiger partial charge < -0.3 is 10.1 Å². The van der Waals surface area contributed by atoms with Crippen molar-refractivity contribution in [2.24, 2.45) is 0 Å². The van der Waals surface area contributed by atoms with Crippen molar-refractivity contribution in [1.82, 2.24) is 4.31 Å². The third kappa shape index (κ3) is 5.30. The third-order valence-electron chi connectivity index (χ3n) is 4.03. The number of methoxy groups -OCH3 is 1. The number of carbonyl (C=O) groups is 1. The van der Waals surface area contributed by atoms with E-state index in [9.17, 15) is 13.2 Å². The first-order chi connectivity index (χ1) is 12.9. The van der Waals surface area contributed by atoms with Crippen molar-refractivity contribution >= 4 is 21.6 Å². The predicted molar refractivity (Wildman–Crippen MR) is 107 cm³/mol. The summed E-state index contributed by atoms with van der Waals surface area (Å²) in [6, 6.07) is 13.0. The van der Waals surface area contributed by atoms with Crippen LogP contribution < -0.4 is 10.1 Å². The minimum absolute atomic E-state index is 0.197. The van der Waals surface area contributed by atoms with Gasteiger partial charge in [0.25, 0.3) is 5.91 Å². The van der Waals surface area contributed by atoms with Crippen LogP contribution in [0.15, 0.2) is 53.4 Å². The van der Waals surface area contributed by atoms with E-state index >= 15 is 0 Å². The molecule has 0 radical (unpaired) electrons. The van der Waals surface area contributed by atoms with Crippen molar-refractivity contribution in [3.05, 3.63) is 54.1 Å². The van der Waals surface area contributed by atoms with Gasteiger partial charge in [-0.25, -0.2) is 8.42 Å². The van der Waals surface area contributed by atoms with E-state index in [0.29, 0.717) is 30.1 Å². The number of anilines is 1. The molecule has 1 N–H and O–H groups in total. The second-order valence-corrected chi connectivity index (χ2v) is 8.05. The molecule has 0 bridgehead atoms. The summed E-state index contributed by atoms with van der Waals surface area (Å²) in [7, 11) is -1.99. The van der Waals surface area contributed by atoms with Crippen molar-refractivity contribution in [2.45, 2.75) is 31.6 Å². The van der Waals surface area contributed by atoms with Crippen molar-refractivity contribution in [3.8, 4) is 5.75 Å². The zero-order valence-electron chi connectivity index (χ0n) is 15.9. The van der Waals surface area contributed by atoms with Crippen molar-refractivity contribution < 1.29 is 17.9 Å². The quantitative estimate of drug-likeness (QED) is 0.707. The lowest BCUT2D eigenvalue weighted by Gasteiger charge is -2.21. The molecule has 0 fully saturated rings. The van der Waals surface area contributed by atoms with Crippen molar-refractivity contribution in [1.29, 1.82) is 0 Å². The molecule has 2 aromatic carbocycles. The molecule has 0 heterocycles. The Bertz CT molecular complexity index is 858. The Hall–Kier alpha value is -2.38. The normalized spacial score (nSPS) is 11.4. The Morgan fingerprint density at radius 3 is 2.22 bits per heavy atom. The monoisotopic (exact) mass is 390 g/mol. The van der Waals surface area contributed by atoms with Gasteiger partial charge in [-0.1, -0.05) is 19.9 Å². The number of hydrogen-bond acceptors (Lipinski definition) is 4. The number of sulfonamides is 1. The first kappa shape index (κ1) is 20.9. The molecule has 1 amide bonds. The molecule has 0 aliphatic carbocycles. The van der Waals surface area contributed by atoms with Crippen LogP contribution in [-0.4, -0.2) is 38.8 Å². The Kier molecular flexibility index (Phi) is 7.38. The maximum Gasteiger partial charge on any atom is 0.255 e. The smallest absolute Gasteiger partial charge is 0.255 e. The summed E-state index contributed by atoms with van der Waals surface area (Å²) in [4.78, 5) is 12.6. The van der Waals surface area contributed by atoms with Gasteiger partial charge in [0.15, 0.2) is 0 Å². The van der Waals surface area contributed by atoms with Crippen LogP contribution in [0.1, 0.15) is 37.0 Å². The van der Waals surface area contributed by atoms with Gasteiger partial charge in [0.05, 0.1) is 12.0 Å². The lowest BCUT2D eigenvalue weighted by atomic mass is 10.2. The molecule has 27 heavy (non-hydrogen) atoms. The van der Waals surface area contributed by atoms with Crippen LogP contribution in [0, 0.1) is 0 Å². The molecule has 0 atom stereocenters. The third-order valence-corrected chi connectivity index (χ3v) is 5.94. The predicted octanol–water partition coefficient (Wildman–Crippen LogP) is 3.76. The number of carbonyl (C=O) groups excluding carboxylic acids is 1. The highest BCUT2D eigenvalue weighted by Crippen LogP contribution is 2.20. The summed E-state index contributed by atoms with van der Waals surface area (Å²) in [5, 5.41) is 2.78. The van der Waals surface area contributed by atoms with Gasteiger partial charge in [0.2, 0.25) is 10.0 Å². The van der Waals surface area contributed by atoms with Gasteiger partial charge >= 0.3 is 0 Å². The number of amides is 1. The average molecular weight is 391 g/mol.